The van der Waals surface area contributed by atoms with Crippen molar-refractivity contribution in [1.82, 2.24) is 4.90 Å². The van der Waals surface area contributed by atoms with Crippen LogP contribution in [0.4, 0.5) is 4.39 Å². The van der Waals surface area contributed by atoms with E-state index in [9.17, 15) is 9.18 Å². The molecule has 1 aromatic carbocycles. The second-order valence-corrected chi connectivity index (χ2v) is 4.36. The fraction of sp³-hybridized carbons (Fsp3) is 0.364. The Labute approximate surface area is 110 Å². The Kier molecular flexibility index (Phi) is 4.74. The van der Waals surface area contributed by atoms with Gasteiger partial charge in [0, 0.05) is 24.2 Å². The molecule has 1 aliphatic rings. The number of rotatable bonds is 1. The van der Waals surface area contributed by atoms with Crippen LogP contribution in [0.5, 0.6) is 0 Å². The summed E-state index contributed by atoms with van der Waals surface area (Å²) in [4.78, 5) is 13.5. The van der Waals surface area contributed by atoms with Crippen LogP contribution in [0.25, 0.3) is 0 Å². The van der Waals surface area contributed by atoms with Crippen LogP contribution in [0.3, 0.4) is 0 Å². The van der Waals surface area contributed by atoms with Crippen LogP contribution in [0.15, 0.2) is 18.2 Å². The molecule has 17 heavy (non-hydrogen) atoms. The highest BCUT2D eigenvalue weighted by molar-refractivity contribution is 6.31. The second-order valence-electron chi connectivity index (χ2n) is 3.92. The van der Waals surface area contributed by atoms with Crippen molar-refractivity contribution in [3.8, 4) is 0 Å². The number of halogens is 3. The summed E-state index contributed by atoms with van der Waals surface area (Å²) in [5, 5.41) is 0.355. The molecule has 1 aromatic rings. The molecule has 0 aromatic heterocycles. The van der Waals surface area contributed by atoms with Crippen molar-refractivity contribution in [3.05, 3.63) is 34.6 Å². The van der Waals surface area contributed by atoms with Gasteiger partial charge in [-0.2, -0.15) is 0 Å². The summed E-state index contributed by atoms with van der Waals surface area (Å²) >= 11 is 5.73. The third-order valence-corrected chi connectivity index (χ3v) is 2.91. The number of carbonyl (C=O) groups excluding carboxylic acids is 1. The van der Waals surface area contributed by atoms with Gasteiger partial charge in [0.1, 0.15) is 5.82 Å². The fourth-order valence-electron chi connectivity index (χ4n) is 1.80. The smallest absolute Gasteiger partial charge is 0.256 e. The molecule has 0 spiro atoms. The van der Waals surface area contributed by atoms with E-state index in [-0.39, 0.29) is 29.9 Å². The van der Waals surface area contributed by atoms with Gasteiger partial charge in [0.15, 0.2) is 0 Å². The third-order valence-electron chi connectivity index (χ3n) is 2.67. The summed E-state index contributed by atoms with van der Waals surface area (Å²) in [6.45, 7) is 1.05. The van der Waals surface area contributed by atoms with E-state index in [1.807, 2.05) is 0 Å². The molecule has 1 amide bonds. The number of benzene rings is 1. The summed E-state index contributed by atoms with van der Waals surface area (Å²) in [6.07, 6.45) is 0.758. The maximum Gasteiger partial charge on any atom is 0.256 e. The molecule has 2 N–H and O–H groups in total. The molecule has 0 saturated carbocycles. The zero-order valence-electron chi connectivity index (χ0n) is 9.03. The Hall–Kier alpha value is -0.840. The quantitative estimate of drug-likeness (QED) is 0.855. The molecule has 2 rings (SSSR count). The van der Waals surface area contributed by atoms with Gasteiger partial charge in [-0.3, -0.25) is 4.79 Å². The summed E-state index contributed by atoms with van der Waals surface area (Å²) in [7, 11) is 0. The first kappa shape index (κ1) is 14.2. The summed E-state index contributed by atoms with van der Waals surface area (Å²) < 4.78 is 13.4. The van der Waals surface area contributed by atoms with Crippen molar-refractivity contribution in [3.63, 3.8) is 0 Å². The van der Waals surface area contributed by atoms with Crippen molar-refractivity contribution >= 4 is 29.9 Å². The highest BCUT2D eigenvalue weighted by Gasteiger charge is 2.26. The van der Waals surface area contributed by atoms with Crippen LogP contribution < -0.4 is 5.73 Å². The van der Waals surface area contributed by atoms with Gasteiger partial charge >= 0.3 is 0 Å². The zero-order valence-corrected chi connectivity index (χ0v) is 10.6. The lowest BCUT2D eigenvalue weighted by molar-refractivity contribution is 0.0786. The average Bonchev–Trinajstić information content (AvgIpc) is 2.67. The van der Waals surface area contributed by atoms with Crippen LogP contribution in [0.2, 0.25) is 5.02 Å². The molecule has 0 bridgehead atoms. The number of hydrogen-bond donors (Lipinski definition) is 1. The summed E-state index contributed by atoms with van der Waals surface area (Å²) in [5.41, 5.74) is 5.71. The van der Waals surface area contributed by atoms with Gasteiger partial charge in [-0.05, 0) is 24.6 Å². The molecule has 3 nitrogen and oxygen atoms in total. The second kappa shape index (κ2) is 5.67. The van der Waals surface area contributed by atoms with Crippen molar-refractivity contribution < 1.29 is 9.18 Å². The standard InChI is InChI=1S/C11H12ClFN2O.ClH/c12-7-1-2-10(13)9(5-7)11(16)15-4-3-8(14)6-15;/h1-2,5,8H,3-4,6,14H2;1H. The Morgan fingerprint density at radius 1 is 1.53 bits per heavy atom. The van der Waals surface area contributed by atoms with Gasteiger partial charge < -0.3 is 10.6 Å². The normalized spacial score (nSPS) is 19.0. The topological polar surface area (TPSA) is 46.3 Å². The lowest BCUT2D eigenvalue weighted by atomic mass is 10.2. The minimum Gasteiger partial charge on any atom is -0.337 e. The molecule has 1 fully saturated rings. The van der Waals surface area contributed by atoms with Gasteiger partial charge in [-0.15, -0.1) is 12.4 Å². The fourth-order valence-corrected chi connectivity index (χ4v) is 1.98. The maximum atomic E-state index is 13.4. The Bertz CT molecular complexity index is 428. The molecule has 0 radical (unpaired) electrons. The van der Waals surface area contributed by atoms with E-state index >= 15 is 0 Å². The van der Waals surface area contributed by atoms with Crippen LogP contribution >= 0.6 is 24.0 Å². The van der Waals surface area contributed by atoms with Crippen molar-refractivity contribution in [2.45, 2.75) is 12.5 Å². The minimum atomic E-state index is -0.546. The van der Waals surface area contributed by atoms with Crippen molar-refractivity contribution in [2.24, 2.45) is 5.73 Å². The molecule has 1 heterocycles. The van der Waals surface area contributed by atoms with Gasteiger partial charge in [-0.1, -0.05) is 11.6 Å². The predicted octanol–water partition coefficient (Wildman–Crippen LogP) is 2.07. The Balaban J connectivity index is 0.00000144. The van der Waals surface area contributed by atoms with E-state index in [0.717, 1.165) is 6.42 Å². The van der Waals surface area contributed by atoms with E-state index < -0.39 is 5.82 Å². The first-order valence-corrected chi connectivity index (χ1v) is 5.45. The van der Waals surface area contributed by atoms with Crippen LogP contribution in [0.1, 0.15) is 16.8 Å². The number of carbonyl (C=O) groups is 1. The van der Waals surface area contributed by atoms with Crippen molar-refractivity contribution in [2.75, 3.05) is 13.1 Å². The first-order valence-electron chi connectivity index (χ1n) is 5.08. The number of amides is 1. The maximum absolute atomic E-state index is 13.4. The largest absolute Gasteiger partial charge is 0.337 e. The number of nitrogens with zero attached hydrogens (tertiary/aromatic N) is 1. The highest BCUT2D eigenvalue weighted by atomic mass is 35.5. The number of hydrogen-bond acceptors (Lipinski definition) is 2. The van der Waals surface area contributed by atoms with Crippen LogP contribution in [0, 0.1) is 5.82 Å². The van der Waals surface area contributed by atoms with Gasteiger partial charge in [0.2, 0.25) is 0 Å². The monoisotopic (exact) mass is 278 g/mol. The van der Waals surface area contributed by atoms with Crippen LogP contribution in [-0.4, -0.2) is 29.9 Å². The molecular weight excluding hydrogens is 266 g/mol. The predicted molar refractivity (Wildman–Crippen MR) is 67.2 cm³/mol. The lowest BCUT2D eigenvalue weighted by Crippen LogP contribution is -2.32. The highest BCUT2D eigenvalue weighted by Crippen LogP contribution is 2.18. The van der Waals surface area contributed by atoms with Crippen LogP contribution in [-0.2, 0) is 0 Å². The Morgan fingerprint density at radius 2 is 2.24 bits per heavy atom. The van der Waals surface area contributed by atoms with Gasteiger partial charge in [0.05, 0.1) is 5.56 Å². The van der Waals surface area contributed by atoms with Gasteiger partial charge in [-0.25, -0.2) is 4.39 Å². The molecule has 1 atom stereocenters. The van der Waals surface area contributed by atoms with E-state index in [1.165, 1.54) is 18.2 Å². The molecule has 0 aliphatic carbocycles. The van der Waals surface area contributed by atoms with E-state index in [4.69, 9.17) is 17.3 Å². The van der Waals surface area contributed by atoms with E-state index in [1.54, 1.807) is 4.90 Å². The first-order chi connectivity index (χ1) is 7.58. The molecule has 1 saturated heterocycles. The van der Waals surface area contributed by atoms with E-state index in [2.05, 4.69) is 0 Å². The van der Waals surface area contributed by atoms with E-state index in [0.29, 0.717) is 18.1 Å². The third kappa shape index (κ3) is 3.09. The SMILES string of the molecule is Cl.NC1CCN(C(=O)c2cc(Cl)ccc2F)C1. The molecule has 1 unspecified atom stereocenters. The molecular formula is C11H13Cl2FN2O. The summed E-state index contributed by atoms with van der Waals surface area (Å²) in [5.74, 6) is -0.886. The Morgan fingerprint density at radius 3 is 2.82 bits per heavy atom. The molecule has 1 aliphatic heterocycles. The molecule has 94 valence electrons. The average molecular weight is 279 g/mol. The minimum absolute atomic E-state index is 0. The van der Waals surface area contributed by atoms with Gasteiger partial charge in [0.25, 0.3) is 5.91 Å². The van der Waals surface area contributed by atoms with Crippen molar-refractivity contribution in [1.29, 1.82) is 0 Å². The molecule has 6 heteroatoms. The zero-order chi connectivity index (χ0) is 11.7. The summed E-state index contributed by atoms with van der Waals surface area (Å²) in [6, 6.07) is 3.96. The lowest BCUT2D eigenvalue weighted by Gasteiger charge is -2.16. The number of likely N-dealkylation sites (tertiary alicyclic amines) is 1. The number of nitrogens with two attached hydrogens (primary N) is 1.